The SMILES string of the molecule is C[C@H](N)C(=O)N(C)C1CCCN(c2ccccc2)C1=O. The van der Waals surface area contributed by atoms with Crippen LogP contribution in [0.5, 0.6) is 0 Å². The van der Waals surface area contributed by atoms with Crippen molar-refractivity contribution in [2.75, 3.05) is 18.5 Å². The summed E-state index contributed by atoms with van der Waals surface area (Å²) in [5.41, 5.74) is 6.50. The number of nitrogens with two attached hydrogens (primary N) is 1. The van der Waals surface area contributed by atoms with E-state index in [9.17, 15) is 9.59 Å². The van der Waals surface area contributed by atoms with Crippen LogP contribution < -0.4 is 10.6 Å². The van der Waals surface area contributed by atoms with Crippen LogP contribution in [-0.2, 0) is 9.59 Å². The largest absolute Gasteiger partial charge is 0.332 e. The molecule has 2 rings (SSSR count). The number of amides is 2. The topological polar surface area (TPSA) is 66.6 Å². The van der Waals surface area contributed by atoms with E-state index in [4.69, 9.17) is 5.73 Å². The van der Waals surface area contributed by atoms with Gasteiger partial charge in [0.05, 0.1) is 6.04 Å². The number of carbonyl (C=O) groups excluding carboxylic acids is 2. The lowest BCUT2D eigenvalue weighted by Gasteiger charge is -2.37. The molecular formula is C15H21N3O2. The van der Waals surface area contributed by atoms with Gasteiger partial charge >= 0.3 is 0 Å². The maximum absolute atomic E-state index is 12.6. The summed E-state index contributed by atoms with van der Waals surface area (Å²) < 4.78 is 0. The first-order valence-electron chi connectivity index (χ1n) is 6.91. The summed E-state index contributed by atoms with van der Waals surface area (Å²) in [7, 11) is 1.66. The summed E-state index contributed by atoms with van der Waals surface area (Å²) in [4.78, 5) is 27.8. The van der Waals surface area contributed by atoms with Crippen molar-refractivity contribution in [2.45, 2.75) is 31.8 Å². The van der Waals surface area contributed by atoms with Crippen molar-refractivity contribution in [1.82, 2.24) is 4.90 Å². The van der Waals surface area contributed by atoms with Gasteiger partial charge in [0, 0.05) is 19.3 Å². The van der Waals surface area contributed by atoms with Gasteiger partial charge in [0.1, 0.15) is 6.04 Å². The molecule has 1 aromatic carbocycles. The smallest absolute Gasteiger partial charge is 0.249 e. The van der Waals surface area contributed by atoms with Crippen molar-refractivity contribution in [3.05, 3.63) is 30.3 Å². The highest BCUT2D eigenvalue weighted by Gasteiger charge is 2.35. The molecule has 1 saturated heterocycles. The quantitative estimate of drug-likeness (QED) is 0.894. The fourth-order valence-corrected chi connectivity index (χ4v) is 2.55. The molecule has 0 aliphatic carbocycles. The third-order valence-electron chi connectivity index (χ3n) is 3.68. The molecule has 0 spiro atoms. The zero-order valence-electron chi connectivity index (χ0n) is 12.0. The van der Waals surface area contributed by atoms with Crippen molar-refractivity contribution < 1.29 is 9.59 Å². The predicted octanol–water partition coefficient (Wildman–Crippen LogP) is 0.988. The predicted molar refractivity (Wildman–Crippen MR) is 78.2 cm³/mol. The first kappa shape index (κ1) is 14.5. The number of rotatable bonds is 3. The minimum atomic E-state index is -0.583. The van der Waals surface area contributed by atoms with Crippen LogP contribution in [-0.4, -0.2) is 42.4 Å². The summed E-state index contributed by atoms with van der Waals surface area (Å²) in [6, 6.07) is 8.55. The third kappa shape index (κ3) is 2.82. The normalized spacial score (nSPS) is 20.6. The molecule has 108 valence electrons. The molecule has 2 atom stereocenters. The first-order valence-corrected chi connectivity index (χ1v) is 6.91. The highest BCUT2D eigenvalue weighted by atomic mass is 16.2. The van der Waals surface area contributed by atoms with Gasteiger partial charge in [0.2, 0.25) is 11.8 Å². The Labute approximate surface area is 119 Å². The van der Waals surface area contributed by atoms with E-state index in [0.29, 0.717) is 13.0 Å². The molecule has 1 aromatic rings. The maximum Gasteiger partial charge on any atom is 0.249 e. The van der Waals surface area contributed by atoms with Crippen LogP contribution in [0.3, 0.4) is 0 Å². The molecule has 1 unspecified atom stereocenters. The molecule has 0 saturated carbocycles. The third-order valence-corrected chi connectivity index (χ3v) is 3.68. The molecule has 5 heteroatoms. The summed E-state index contributed by atoms with van der Waals surface area (Å²) in [5, 5.41) is 0. The molecule has 0 bridgehead atoms. The number of nitrogens with zero attached hydrogens (tertiary/aromatic N) is 2. The number of hydrogen-bond donors (Lipinski definition) is 1. The number of hydrogen-bond acceptors (Lipinski definition) is 3. The Kier molecular flexibility index (Phi) is 4.39. The van der Waals surface area contributed by atoms with Gasteiger partial charge in [0.25, 0.3) is 0 Å². The Morgan fingerprint density at radius 2 is 2.05 bits per heavy atom. The number of benzene rings is 1. The van der Waals surface area contributed by atoms with Crippen LogP contribution >= 0.6 is 0 Å². The molecule has 1 heterocycles. The van der Waals surface area contributed by atoms with Gasteiger partial charge in [-0.15, -0.1) is 0 Å². The zero-order valence-corrected chi connectivity index (χ0v) is 12.0. The number of likely N-dealkylation sites (N-methyl/N-ethyl adjacent to an activating group) is 1. The number of carbonyl (C=O) groups is 2. The van der Waals surface area contributed by atoms with Crippen LogP contribution in [0.4, 0.5) is 5.69 Å². The average Bonchev–Trinajstić information content (AvgIpc) is 2.47. The number of anilines is 1. The average molecular weight is 275 g/mol. The monoisotopic (exact) mass is 275 g/mol. The molecule has 0 aromatic heterocycles. The van der Waals surface area contributed by atoms with E-state index in [1.807, 2.05) is 30.3 Å². The summed E-state index contributed by atoms with van der Waals surface area (Å²) in [6.07, 6.45) is 1.57. The molecular weight excluding hydrogens is 254 g/mol. The Morgan fingerprint density at radius 1 is 1.40 bits per heavy atom. The molecule has 1 fully saturated rings. The second-order valence-corrected chi connectivity index (χ2v) is 5.22. The van der Waals surface area contributed by atoms with Crippen molar-refractivity contribution in [3.63, 3.8) is 0 Å². The molecule has 1 aliphatic rings. The lowest BCUT2D eigenvalue weighted by Crippen LogP contribution is -2.55. The Bertz CT molecular complexity index is 487. The lowest BCUT2D eigenvalue weighted by atomic mass is 10.0. The van der Waals surface area contributed by atoms with E-state index in [2.05, 4.69) is 0 Å². The summed E-state index contributed by atoms with van der Waals surface area (Å²) in [5.74, 6) is -0.225. The minimum absolute atomic E-state index is 0.0287. The molecule has 20 heavy (non-hydrogen) atoms. The molecule has 2 N–H and O–H groups in total. The zero-order chi connectivity index (χ0) is 14.7. The standard InChI is InChI=1S/C15H21N3O2/c1-11(16)14(19)17(2)13-9-6-10-18(15(13)20)12-7-4-3-5-8-12/h3-5,7-8,11,13H,6,9-10,16H2,1-2H3/t11-,13?/m0/s1. The van der Waals surface area contributed by atoms with Crippen LogP contribution in [0.25, 0.3) is 0 Å². The minimum Gasteiger partial charge on any atom is -0.332 e. The number of piperidine rings is 1. The fourth-order valence-electron chi connectivity index (χ4n) is 2.55. The van der Waals surface area contributed by atoms with Crippen molar-refractivity contribution >= 4 is 17.5 Å². The Morgan fingerprint density at radius 3 is 2.65 bits per heavy atom. The fraction of sp³-hybridized carbons (Fsp3) is 0.467. The van der Waals surface area contributed by atoms with E-state index in [1.54, 1.807) is 18.9 Å². The van der Waals surface area contributed by atoms with E-state index < -0.39 is 12.1 Å². The van der Waals surface area contributed by atoms with Gasteiger partial charge in [-0.2, -0.15) is 0 Å². The molecule has 0 radical (unpaired) electrons. The number of para-hydroxylation sites is 1. The van der Waals surface area contributed by atoms with Crippen LogP contribution in [0.15, 0.2) is 30.3 Å². The van der Waals surface area contributed by atoms with Crippen LogP contribution in [0, 0.1) is 0 Å². The van der Waals surface area contributed by atoms with Crippen molar-refractivity contribution in [2.24, 2.45) is 5.73 Å². The lowest BCUT2D eigenvalue weighted by molar-refractivity contribution is -0.139. The van der Waals surface area contributed by atoms with E-state index in [0.717, 1.165) is 12.1 Å². The van der Waals surface area contributed by atoms with Gasteiger partial charge in [-0.05, 0) is 31.9 Å². The van der Waals surface area contributed by atoms with Gasteiger partial charge in [-0.3, -0.25) is 9.59 Å². The van der Waals surface area contributed by atoms with Crippen LogP contribution in [0.2, 0.25) is 0 Å². The second-order valence-electron chi connectivity index (χ2n) is 5.22. The van der Waals surface area contributed by atoms with E-state index >= 15 is 0 Å². The molecule has 5 nitrogen and oxygen atoms in total. The van der Waals surface area contributed by atoms with E-state index in [-0.39, 0.29) is 11.8 Å². The second kappa shape index (κ2) is 6.05. The van der Waals surface area contributed by atoms with E-state index in [1.165, 1.54) is 4.90 Å². The molecule has 2 amide bonds. The summed E-state index contributed by atoms with van der Waals surface area (Å²) in [6.45, 7) is 2.33. The first-order chi connectivity index (χ1) is 9.52. The highest BCUT2D eigenvalue weighted by Crippen LogP contribution is 2.23. The Hall–Kier alpha value is -1.88. The van der Waals surface area contributed by atoms with Crippen molar-refractivity contribution in [3.8, 4) is 0 Å². The van der Waals surface area contributed by atoms with Crippen molar-refractivity contribution in [1.29, 1.82) is 0 Å². The highest BCUT2D eigenvalue weighted by molar-refractivity contribution is 6.00. The Balaban J connectivity index is 2.17. The van der Waals surface area contributed by atoms with Gasteiger partial charge in [0.15, 0.2) is 0 Å². The van der Waals surface area contributed by atoms with Gasteiger partial charge < -0.3 is 15.5 Å². The molecule has 1 aliphatic heterocycles. The van der Waals surface area contributed by atoms with Gasteiger partial charge in [-0.25, -0.2) is 0 Å². The maximum atomic E-state index is 12.6. The van der Waals surface area contributed by atoms with Gasteiger partial charge in [-0.1, -0.05) is 18.2 Å². The van der Waals surface area contributed by atoms with Crippen LogP contribution in [0.1, 0.15) is 19.8 Å². The summed E-state index contributed by atoms with van der Waals surface area (Å²) >= 11 is 0.